The van der Waals surface area contributed by atoms with Crippen molar-refractivity contribution < 1.29 is 15.0 Å². The monoisotopic (exact) mass is 489 g/mol. The summed E-state index contributed by atoms with van der Waals surface area (Å²) < 4.78 is 0.920. The normalized spacial score (nSPS) is 17.9. The standard InChI is InChI=1S/C26H27N5O3S/c32-20-9-7-18(8-10-20)27-25-28-19(12-16-4-2-1-3-5-16)15-23(30-25)31-26-29-21-11-6-17(14-24(33)34)13-22(21)35-26/h1-6,11,13,15,18,20,32H,7-10,12,14H2,(H,33,34)(H2,27,28,29,30,31)/t18-,20-. The number of carboxylic acids is 1. The zero-order valence-corrected chi connectivity index (χ0v) is 20.0. The Labute approximate surface area is 207 Å². The molecule has 4 aromatic rings. The first-order valence-electron chi connectivity index (χ1n) is 11.7. The van der Waals surface area contributed by atoms with E-state index in [1.54, 1.807) is 6.07 Å². The van der Waals surface area contributed by atoms with Gasteiger partial charge >= 0.3 is 5.97 Å². The third kappa shape index (κ3) is 6.12. The first-order chi connectivity index (χ1) is 17.0. The highest BCUT2D eigenvalue weighted by molar-refractivity contribution is 7.22. The van der Waals surface area contributed by atoms with Gasteiger partial charge in [0.05, 0.1) is 28.4 Å². The van der Waals surface area contributed by atoms with E-state index < -0.39 is 5.97 Å². The fourth-order valence-corrected chi connectivity index (χ4v) is 5.28. The molecular formula is C26H27N5O3S. The van der Waals surface area contributed by atoms with Gasteiger partial charge < -0.3 is 20.8 Å². The molecule has 2 heterocycles. The van der Waals surface area contributed by atoms with Gasteiger partial charge in [-0.2, -0.15) is 4.98 Å². The molecule has 35 heavy (non-hydrogen) atoms. The average Bonchev–Trinajstić information content (AvgIpc) is 3.22. The van der Waals surface area contributed by atoms with Gasteiger partial charge in [-0.25, -0.2) is 9.97 Å². The van der Waals surface area contributed by atoms with Gasteiger partial charge in [0.2, 0.25) is 5.95 Å². The second-order valence-corrected chi connectivity index (χ2v) is 9.93. The predicted octanol–water partition coefficient (Wildman–Crippen LogP) is 4.76. The van der Waals surface area contributed by atoms with Crippen LogP contribution in [0.25, 0.3) is 10.2 Å². The number of aliphatic hydroxyl groups excluding tert-OH is 1. The Morgan fingerprint density at radius 3 is 2.54 bits per heavy atom. The van der Waals surface area contributed by atoms with Gasteiger partial charge in [-0.3, -0.25) is 4.79 Å². The molecule has 5 rings (SSSR count). The maximum atomic E-state index is 11.0. The Hall–Kier alpha value is -3.56. The first kappa shape index (κ1) is 23.2. The molecule has 1 aliphatic carbocycles. The molecule has 0 spiro atoms. The Morgan fingerprint density at radius 2 is 1.77 bits per heavy atom. The predicted molar refractivity (Wildman–Crippen MR) is 137 cm³/mol. The van der Waals surface area contributed by atoms with Crippen molar-refractivity contribution in [2.45, 2.75) is 50.7 Å². The molecule has 0 radical (unpaired) electrons. The number of rotatable bonds is 8. The van der Waals surface area contributed by atoms with E-state index in [0.717, 1.165) is 52.7 Å². The second-order valence-electron chi connectivity index (χ2n) is 8.90. The van der Waals surface area contributed by atoms with Crippen LogP contribution in [0.3, 0.4) is 0 Å². The summed E-state index contributed by atoms with van der Waals surface area (Å²) >= 11 is 1.46. The summed E-state index contributed by atoms with van der Waals surface area (Å²) in [5.74, 6) is 0.355. The Kier molecular flexibility index (Phi) is 6.87. The highest BCUT2D eigenvalue weighted by Crippen LogP contribution is 2.30. The van der Waals surface area contributed by atoms with Crippen LogP contribution in [-0.4, -0.2) is 43.3 Å². The number of hydrogen-bond acceptors (Lipinski definition) is 8. The molecule has 1 fully saturated rings. The number of aliphatic carboxylic acids is 1. The molecular weight excluding hydrogens is 462 g/mol. The molecule has 0 saturated heterocycles. The van der Waals surface area contributed by atoms with Crippen molar-refractivity contribution in [1.82, 2.24) is 15.0 Å². The highest BCUT2D eigenvalue weighted by Gasteiger charge is 2.20. The van der Waals surface area contributed by atoms with E-state index in [1.165, 1.54) is 11.3 Å². The number of carboxylic acid groups (broad SMARTS) is 1. The molecule has 180 valence electrons. The van der Waals surface area contributed by atoms with E-state index in [2.05, 4.69) is 27.8 Å². The molecule has 0 atom stereocenters. The zero-order valence-electron chi connectivity index (χ0n) is 19.1. The molecule has 0 amide bonds. The molecule has 1 aliphatic rings. The fourth-order valence-electron chi connectivity index (χ4n) is 4.34. The number of nitrogens with zero attached hydrogens (tertiary/aromatic N) is 3. The second kappa shape index (κ2) is 10.4. The third-order valence-corrected chi connectivity index (χ3v) is 7.01. The lowest BCUT2D eigenvalue weighted by atomic mass is 9.93. The largest absolute Gasteiger partial charge is 0.481 e. The van der Waals surface area contributed by atoms with Crippen molar-refractivity contribution in [2.24, 2.45) is 0 Å². The highest BCUT2D eigenvalue weighted by atomic mass is 32.1. The number of benzene rings is 2. The number of aromatic nitrogens is 3. The molecule has 8 nitrogen and oxygen atoms in total. The number of nitrogens with one attached hydrogen (secondary N) is 2. The third-order valence-electron chi connectivity index (χ3n) is 6.08. The summed E-state index contributed by atoms with van der Waals surface area (Å²) in [5, 5.41) is 26.4. The van der Waals surface area contributed by atoms with Crippen molar-refractivity contribution in [1.29, 1.82) is 0 Å². The van der Waals surface area contributed by atoms with Crippen LogP contribution in [0.15, 0.2) is 54.6 Å². The number of thiazole rings is 1. The molecule has 1 saturated carbocycles. The van der Waals surface area contributed by atoms with E-state index in [4.69, 9.17) is 15.1 Å². The van der Waals surface area contributed by atoms with Crippen molar-refractivity contribution in [3.63, 3.8) is 0 Å². The summed E-state index contributed by atoms with van der Waals surface area (Å²) in [7, 11) is 0. The van der Waals surface area contributed by atoms with Gasteiger partial charge in [0, 0.05) is 18.5 Å². The van der Waals surface area contributed by atoms with Gasteiger partial charge in [-0.05, 0) is 48.9 Å². The SMILES string of the molecule is O=C(O)Cc1ccc2nc(Nc3cc(Cc4ccccc4)nc(N[C@H]4CC[C@H](O)CC4)n3)sc2c1. The van der Waals surface area contributed by atoms with Gasteiger partial charge in [-0.15, -0.1) is 0 Å². The number of carbonyl (C=O) groups is 1. The maximum Gasteiger partial charge on any atom is 0.307 e. The van der Waals surface area contributed by atoms with E-state index in [9.17, 15) is 9.90 Å². The van der Waals surface area contributed by atoms with Crippen molar-refractivity contribution in [2.75, 3.05) is 10.6 Å². The number of anilines is 3. The minimum Gasteiger partial charge on any atom is -0.481 e. The van der Waals surface area contributed by atoms with Crippen LogP contribution >= 0.6 is 11.3 Å². The first-order valence-corrected chi connectivity index (χ1v) is 12.6. The molecule has 0 bridgehead atoms. The Morgan fingerprint density at radius 1 is 0.971 bits per heavy atom. The van der Waals surface area contributed by atoms with E-state index in [0.29, 0.717) is 23.3 Å². The van der Waals surface area contributed by atoms with Gasteiger partial charge in [-0.1, -0.05) is 47.7 Å². The van der Waals surface area contributed by atoms with Gasteiger partial charge in [0.15, 0.2) is 5.13 Å². The van der Waals surface area contributed by atoms with Crippen molar-refractivity contribution in [3.05, 3.63) is 71.4 Å². The lowest BCUT2D eigenvalue weighted by Crippen LogP contribution is -2.29. The lowest BCUT2D eigenvalue weighted by Gasteiger charge is -2.26. The molecule has 9 heteroatoms. The van der Waals surface area contributed by atoms with Crippen LogP contribution < -0.4 is 10.6 Å². The molecule has 2 aromatic carbocycles. The topological polar surface area (TPSA) is 120 Å². The maximum absolute atomic E-state index is 11.0. The molecule has 0 aliphatic heterocycles. The van der Waals surface area contributed by atoms with Gasteiger partial charge in [0.25, 0.3) is 0 Å². The Balaban J connectivity index is 1.40. The van der Waals surface area contributed by atoms with Gasteiger partial charge in [0.1, 0.15) is 5.82 Å². The minimum absolute atomic E-state index is 0.0153. The number of fused-ring (bicyclic) bond motifs is 1. The van der Waals surface area contributed by atoms with Crippen molar-refractivity contribution in [3.8, 4) is 0 Å². The number of aliphatic hydroxyl groups is 1. The van der Waals surface area contributed by atoms with E-state index in [-0.39, 0.29) is 18.6 Å². The summed E-state index contributed by atoms with van der Waals surface area (Å²) in [6.07, 6.45) is 3.77. The zero-order chi connectivity index (χ0) is 24.2. The summed E-state index contributed by atoms with van der Waals surface area (Å²) in [6, 6.07) is 17.9. The fraction of sp³-hybridized carbons (Fsp3) is 0.308. The molecule has 4 N–H and O–H groups in total. The Bertz CT molecular complexity index is 1320. The van der Waals surface area contributed by atoms with Crippen molar-refractivity contribution >= 4 is 44.4 Å². The van der Waals surface area contributed by atoms with E-state index in [1.807, 2.05) is 36.4 Å². The smallest absolute Gasteiger partial charge is 0.307 e. The van der Waals surface area contributed by atoms with Crippen LogP contribution in [0.4, 0.5) is 16.9 Å². The summed E-state index contributed by atoms with van der Waals surface area (Å²) in [6.45, 7) is 0. The quantitative estimate of drug-likeness (QED) is 0.280. The summed E-state index contributed by atoms with van der Waals surface area (Å²) in [4.78, 5) is 25.2. The lowest BCUT2D eigenvalue weighted by molar-refractivity contribution is -0.136. The minimum atomic E-state index is -0.855. The average molecular weight is 490 g/mol. The van der Waals surface area contributed by atoms with E-state index >= 15 is 0 Å². The van der Waals surface area contributed by atoms with Crippen LogP contribution in [0, 0.1) is 0 Å². The van der Waals surface area contributed by atoms with Crippen LogP contribution in [0.2, 0.25) is 0 Å². The summed E-state index contributed by atoms with van der Waals surface area (Å²) in [5.41, 5.74) is 3.60. The molecule has 0 unspecified atom stereocenters. The van der Waals surface area contributed by atoms with Crippen LogP contribution in [0.5, 0.6) is 0 Å². The molecule has 2 aromatic heterocycles. The van der Waals surface area contributed by atoms with Crippen LogP contribution in [-0.2, 0) is 17.6 Å². The van der Waals surface area contributed by atoms with Crippen LogP contribution in [0.1, 0.15) is 42.5 Å². The number of hydrogen-bond donors (Lipinski definition) is 4.